The van der Waals surface area contributed by atoms with Gasteiger partial charge in [0.15, 0.2) is 0 Å². The molecule has 1 aliphatic carbocycles. The van der Waals surface area contributed by atoms with E-state index >= 15 is 0 Å². The molecule has 2 aliphatic rings. The van der Waals surface area contributed by atoms with E-state index in [0.29, 0.717) is 42.7 Å². The first-order chi connectivity index (χ1) is 24.5. The quantitative estimate of drug-likeness (QED) is 0.157. The Labute approximate surface area is 295 Å². The van der Waals surface area contributed by atoms with E-state index in [1.807, 2.05) is 60.7 Å². The molecule has 0 spiro atoms. The van der Waals surface area contributed by atoms with Gasteiger partial charge >= 0.3 is 12.1 Å². The van der Waals surface area contributed by atoms with Crippen LogP contribution in [-0.2, 0) is 39.8 Å². The van der Waals surface area contributed by atoms with Crippen LogP contribution in [0.4, 0.5) is 13.2 Å². The summed E-state index contributed by atoms with van der Waals surface area (Å²) in [5.74, 6) is -1.20. The summed E-state index contributed by atoms with van der Waals surface area (Å²) in [6, 6.07) is 25.3. The third-order valence-corrected chi connectivity index (χ3v) is 9.91. The summed E-state index contributed by atoms with van der Waals surface area (Å²) >= 11 is 0. The normalized spacial score (nSPS) is 16.7. The van der Waals surface area contributed by atoms with E-state index in [1.165, 1.54) is 12.1 Å². The first kappa shape index (κ1) is 35.7. The lowest BCUT2D eigenvalue weighted by atomic mass is 9.90. The van der Waals surface area contributed by atoms with Gasteiger partial charge in [-0.05, 0) is 82.8 Å². The summed E-state index contributed by atoms with van der Waals surface area (Å²) in [6.07, 6.45) is 0.940. The number of nitrogens with one attached hydrogen (secondary N) is 1. The van der Waals surface area contributed by atoms with Crippen molar-refractivity contribution >= 4 is 17.8 Å². The summed E-state index contributed by atoms with van der Waals surface area (Å²) in [5.41, 5.74) is 4.15. The molecule has 1 aliphatic heterocycles. The Hall–Kier alpha value is -5.12. The molecule has 1 fully saturated rings. The van der Waals surface area contributed by atoms with Gasteiger partial charge in [-0.1, -0.05) is 85.6 Å². The SMILES string of the molecule is O=C(N[C@@H](Cc1ccc(-c2ccccc2)cc1)C(=O)O)C1c2cc(OCCc3ccc(C(F)(F)F)cc3)ccc2CCN1C(=O)CC1CCCC1. The Morgan fingerprint density at radius 2 is 1.53 bits per heavy atom. The van der Waals surface area contributed by atoms with Crippen molar-refractivity contribution < 1.29 is 37.4 Å². The number of fused-ring (bicyclic) bond motifs is 1. The van der Waals surface area contributed by atoms with Crippen molar-refractivity contribution in [3.05, 3.63) is 125 Å². The summed E-state index contributed by atoms with van der Waals surface area (Å²) < 4.78 is 44.9. The Morgan fingerprint density at radius 3 is 2.20 bits per heavy atom. The second-order valence-electron chi connectivity index (χ2n) is 13.4. The zero-order valence-electron chi connectivity index (χ0n) is 28.2. The maximum Gasteiger partial charge on any atom is 0.416 e. The smallest absolute Gasteiger partial charge is 0.416 e. The monoisotopic (exact) mass is 698 g/mol. The van der Waals surface area contributed by atoms with Crippen molar-refractivity contribution in [2.24, 2.45) is 5.92 Å². The number of aliphatic carboxylic acids is 1. The lowest BCUT2D eigenvalue weighted by molar-refractivity contribution is -0.145. The molecule has 10 heteroatoms. The van der Waals surface area contributed by atoms with Crippen LogP contribution in [0, 0.1) is 5.92 Å². The van der Waals surface area contributed by atoms with Gasteiger partial charge in [0.25, 0.3) is 0 Å². The molecule has 0 radical (unpaired) electrons. The Kier molecular flexibility index (Phi) is 11.1. The zero-order chi connectivity index (χ0) is 36.0. The van der Waals surface area contributed by atoms with Crippen molar-refractivity contribution in [2.75, 3.05) is 13.2 Å². The molecule has 0 aromatic heterocycles. The van der Waals surface area contributed by atoms with Crippen LogP contribution in [0.15, 0.2) is 97.1 Å². The topological polar surface area (TPSA) is 95.9 Å². The van der Waals surface area contributed by atoms with Crippen molar-refractivity contribution in [1.29, 1.82) is 0 Å². The van der Waals surface area contributed by atoms with Crippen LogP contribution in [0.5, 0.6) is 5.75 Å². The molecule has 266 valence electrons. The minimum absolute atomic E-state index is 0.0544. The number of alkyl halides is 3. The molecule has 6 rings (SSSR count). The average Bonchev–Trinajstić information content (AvgIpc) is 3.64. The molecule has 4 aromatic carbocycles. The molecule has 2 amide bonds. The minimum atomic E-state index is -4.41. The van der Waals surface area contributed by atoms with Gasteiger partial charge in [-0.25, -0.2) is 4.79 Å². The lowest BCUT2D eigenvalue weighted by Gasteiger charge is -2.37. The number of hydrogen-bond acceptors (Lipinski definition) is 4. The standard InChI is InChI=1S/C41H41F3N2O5/c42-41(43,44)33-17-12-27(13-18-33)21-23-51-34-19-16-32-20-22-46(37(47)25-28-6-4-5-7-28)38(35(32)26-34)39(48)45-36(40(49)50)24-29-10-14-31(15-11-29)30-8-2-1-3-9-30/h1-3,8-19,26,28,36,38H,4-7,20-25H2,(H,45,48)(H,49,50)/t36-,38?/m0/s1. The van der Waals surface area contributed by atoms with Gasteiger partial charge in [0, 0.05) is 25.8 Å². The van der Waals surface area contributed by atoms with E-state index in [1.54, 1.807) is 17.0 Å². The molecule has 51 heavy (non-hydrogen) atoms. The Balaban J connectivity index is 1.20. The van der Waals surface area contributed by atoms with E-state index < -0.39 is 35.7 Å². The number of carbonyl (C=O) groups excluding carboxylic acids is 2. The van der Waals surface area contributed by atoms with Gasteiger partial charge in [0.1, 0.15) is 17.8 Å². The van der Waals surface area contributed by atoms with E-state index in [-0.39, 0.29) is 24.9 Å². The first-order valence-electron chi connectivity index (χ1n) is 17.4. The van der Waals surface area contributed by atoms with Gasteiger partial charge < -0.3 is 20.1 Å². The molecule has 0 saturated heterocycles. The van der Waals surface area contributed by atoms with Gasteiger partial charge in [0.05, 0.1) is 12.2 Å². The van der Waals surface area contributed by atoms with Crippen molar-refractivity contribution in [3.63, 3.8) is 0 Å². The molecule has 2 N–H and O–H groups in total. The zero-order valence-corrected chi connectivity index (χ0v) is 28.2. The second-order valence-corrected chi connectivity index (χ2v) is 13.4. The average molecular weight is 699 g/mol. The molecule has 1 heterocycles. The predicted molar refractivity (Wildman–Crippen MR) is 187 cm³/mol. The van der Waals surface area contributed by atoms with Crippen molar-refractivity contribution in [2.45, 2.75) is 69.6 Å². The highest BCUT2D eigenvalue weighted by molar-refractivity contribution is 5.92. The largest absolute Gasteiger partial charge is 0.493 e. The number of hydrogen-bond donors (Lipinski definition) is 2. The van der Waals surface area contributed by atoms with Gasteiger partial charge in [-0.15, -0.1) is 0 Å². The van der Waals surface area contributed by atoms with Crippen LogP contribution < -0.4 is 10.1 Å². The van der Waals surface area contributed by atoms with Crippen molar-refractivity contribution in [3.8, 4) is 16.9 Å². The number of carboxylic acid groups (broad SMARTS) is 1. The minimum Gasteiger partial charge on any atom is -0.493 e. The van der Waals surface area contributed by atoms with E-state index in [9.17, 15) is 32.7 Å². The molecular formula is C41H41F3N2O5. The van der Waals surface area contributed by atoms with Crippen molar-refractivity contribution in [1.82, 2.24) is 10.2 Å². The fourth-order valence-corrected chi connectivity index (χ4v) is 7.11. The number of amides is 2. The van der Waals surface area contributed by atoms with Crippen LogP contribution in [0.1, 0.15) is 66.0 Å². The molecule has 0 bridgehead atoms. The fourth-order valence-electron chi connectivity index (χ4n) is 7.11. The van der Waals surface area contributed by atoms with Gasteiger partial charge in [-0.2, -0.15) is 13.2 Å². The van der Waals surface area contributed by atoms with Crippen LogP contribution in [-0.4, -0.2) is 47.0 Å². The van der Waals surface area contributed by atoms with Crippen LogP contribution in [0.3, 0.4) is 0 Å². The number of nitrogens with zero attached hydrogens (tertiary/aromatic N) is 1. The summed E-state index contributed by atoms with van der Waals surface area (Å²) in [7, 11) is 0. The summed E-state index contributed by atoms with van der Waals surface area (Å²) in [4.78, 5) is 42.0. The molecule has 1 saturated carbocycles. The van der Waals surface area contributed by atoms with E-state index in [2.05, 4.69) is 5.32 Å². The van der Waals surface area contributed by atoms with Gasteiger partial charge in [-0.3, -0.25) is 9.59 Å². The number of ether oxygens (including phenoxy) is 1. The number of halogens is 3. The Bertz CT molecular complexity index is 1820. The number of carbonyl (C=O) groups is 3. The van der Waals surface area contributed by atoms with Crippen LogP contribution in [0.25, 0.3) is 11.1 Å². The van der Waals surface area contributed by atoms with E-state index in [4.69, 9.17) is 4.74 Å². The third kappa shape index (κ3) is 8.98. The first-order valence-corrected chi connectivity index (χ1v) is 17.4. The lowest BCUT2D eigenvalue weighted by Crippen LogP contribution is -2.51. The number of carboxylic acids is 1. The van der Waals surface area contributed by atoms with Crippen LogP contribution >= 0.6 is 0 Å². The maximum absolute atomic E-state index is 14.2. The van der Waals surface area contributed by atoms with E-state index in [0.717, 1.165) is 60.1 Å². The molecule has 2 atom stereocenters. The third-order valence-electron chi connectivity index (χ3n) is 9.91. The number of benzene rings is 4. The van der Waals surface area contributed by atoms with Crippen LogP contribution in [0.2, 0.25) is 0 Å². The molecule has 4 aromatic rings. The molecular weight excluding hydrogens is 657 g/mol. The van der Waals surface area contributed by atoms with Gasteiger partial charge in [0.2, 0.25) is 11.8 Å². The maximum atomic E-state index is 14.2. The summed E-state index contributed by atoms with van der Waals surface area (Å²) in [5, 5.41) is 12.9. The highest BCUT2D eigenvalue weighted by atomic mass is 19.4. The summed E-state index contributed by atoms with van der Waals surface area (Å²) in [6.45, 7) is 0.499. The molecule has 7 nitrogen and oxygen atoms in total. The highest BCUT2D eigenvalue weighted by Crippen LogP contribution is 2.36. The Morgan fingerprint density at radius 1 is 0.863 bits per heavy atom. The second kappa shape index (κ2) is 15.8. The molecule has 1 unspecified atom stereocenters. The fraction of sp³-hybridized carbons (Fsp3) is 0.341. The number of rotatable bonds is 12. The highest BCUT2D eigenvalue weighted by Gasteiger charge is 2.38. The predicted octanol–water partition coefficient (Wildman–Crippen LogP) is 7.81.